The first kappa shape index (κ1) is 13.1. The monoisotopic (exact) mass is 241 g/mol. The molecule has 16 heavy (non-hydrogen) atoms. The molecule has 1 rings (SSSR count). The van der Waals surface area contributed by atoms with E-state index in [-0.39, 0.29) is 11.5 Å². The summed E-state index contributed by atoms with van der Waals surface area (Å²) in [5.74, 6) is 2.77. The number of rotatable bonds is 6. The van der Waals surface area contributed by atoms with Crippen LogP contribution in [0.2, 0.25) is 0 Å². The molecule has 1 aromatic heterocycles. The predicted octanol–water partition coefficient (Wildman–Crippen LogP) is 2.06. The SMILES string of the molecule is CSCCCNc1cc(=O)[nH]c(C(C)C)n1. The van der Waals surface area contributed by atoms with Gasteiger partial charge in [0.15, 0.2) is 0 Å². The van der Waals surface area contributed by atoms with Gasteiger partial charge in [0.05, 0.1) is 0 Å². The van der Waals surface area contributed by atoms with E-state index in [9.17, 15) is 4.79 Å². The standard InChI is InChI=1S/C11H19N3OS/c1-8(2)11-13-9(7-10(15)14-11)12-5-4-6-16-3/h7-8H,4-6H2,1-3H3,(H2,12,13,14,15). The molecule has 0 unspecified atom stereocenters. The second-order valence-corrected chi connectivity index (χ2v) is 4.93. The lowest BCUT2D eigenvalue weighted by Gasteiger charge is -2.08. The minimum atomic E-state index is -0.0916. The van der Waals surface area contributed by atoms with E-state index in [0.29, 0.717) is 5.82 Å². The zero-order valence-corrected chi connectivity index (χ0v) is 10.9. The van der Waals surface area contributed by atoms with Crippen LogP contribution in [0, 0.1) is 0 Å². The van der Waals surface area contributed by atoms with Gasteiger partial charge < -0.3 is 10.3 Å². The van der Waals surface area contributed by atoms with Gasteiger partial charge in [0.1, 0.15) is 11.6 Å². The molecule has 2 N–H and O–H groups in total. The van der Waals surface area contributed by atoms with Gasteiger partial charge in [-0.2, -0.15) is 11.8 Å². The molecule has 0 radical (unpaired) electrons. The fourth-order valence-corrected chi connectivity index (χ4v) is 1.71. The highest BCUT2D eigenvalue weighted by Crippen LogP contribution is 2.09. The normalized spacial score (nSPS) is 10.8. The fraction of sp³-hybridized carbons (Fsp3) is 0.636. The summed E-state index contributed by atoms with van der Waals surface area (Å²) < 4.78 is 0. The van der Waals surface area contributed by atoms with Crippen molar-refractivity contribution in [2.75, 3.05) is 23.9 Å². The lowest BCUT2D eigenvalue weighted by molar-refractivity contribution is 0.766. The number of aromatic amines is 1. The van der Waals surface area contributed by atoms with E-state index in [1.54, 1.807) is 0 Å². The Balaban J connectivity index is 2.62. The third-order valence-corrected chi connectivity index (χ3v) is 2.84. The molecular weight excluding hydrogens is 222 g/mol. The summed E-state index contributed by atoms with van der Waals surface area (Å²) >= 11 is 1.82. The lowest BCUT2D eigenvalue weighted by Crippen LogP contribution is -2.15. The number of nitrogens with zero attached hydrogens (tertiary/aromatic N) is 1. The molecule has 1 aromatic rings. The van der Waals surface area contributed by atoms with Gasteiger partial charge in [-0.3, -0.25) is 4.79 Å². The molecule has 0 fully saturated rings. The quantitative estimate of drug-likeness (QED) is 0.748. The molecular formula is C11H19N3OS. The molecule has 0 amide bonds. The van der Waals surface area contributed by atoms with Gasteiger partial charge in [-0.25, -0.2) is 4.98 Å². The fourth-order valence-electron chi connectivity index (χ4n) is 1.27. The van der Waals surface area contributed by atoms with Crippen LogP contribution < -0.4 is 10.9 Å². The number of anilines is 1. The Morgan fingerprint density at radius 2 is 2.31 bits per heavy atom. The van der Waals surface area contributed by atoms with Gasteiger partial charge in [-0.15, -0.1) is 0 Å². The Bertz CT molecular complexity index is 376. The van der Waals surface area contributed by atoms with Crippen molar-refractivity contribution in [3.63, 3.8) is 0 Å². The third-order valence-electron chi connectivity index (χ3n) is 2.14. The summed E-state index contributed by atoms with van der Waals surface area (Å²) in [5, 5.41) is 3.17. The van der Waals surface area contributed by atoms with Crippen LogP contribution in [0.25, 0.3) is 0 Å². The van der Waals surface area contributed by atoms with Gasteiger partial charge in [-0.1, -0.05) is 13.8 Å². The van der Waals surface area contributed by atoms with Crippen molar-refractivity contribution in [1.29, 1.82) is 0 Å². The number of hydrogen-bond acceptors (Lipinski definition) is 4. The molecule has 0 saturated carbocycles. The Morgan fingerprint density at radius 3 is 2.94 bits per heavy atom. The van der Waals surface area contributed by atoms with Gasteiger partial charge in [0.25, 0.3) is 5.56 Å². The summed E-state index contributed by atoms with van der Waals surface area (Å²) in [6, 6.07) is 1.50. The topological polar surface area (TPSA) is 57.8 Å². The predicted molar refractivity (Wildman–Crippen MR) is 70.4 cm³/mol. The van der Waals surface area contributed by atoms with Gasteiger partial charge in [0, 0.05) is 18.5 Å². The molecule has 0 aliphatic rings. The van der Waals surface area contributed by atoms with Crippen LogP contribution in [-0.2, 0) is 0 Å². The van der Waals surface area contributed by atoms with Crippen LogP contribution in [0.5, 0.6) is 0 Å². The Labute approximate surface area is 100 Å². The number of aromatic nitrogens is 2. The molecule has 90 valence electrons. The first-order chi connectivity index (χ1) is 7.63. The average molecular weight is 241 g/mol. The van der Waals surface area contributed by atoms with Crippen molar-refractivity contribution in [3.05, 3.63) is 22.2 Å². The summed E-state index contributed by atoms with van der Waals surface area (Å²) in [4.78, 5) is 18.5. The van der Waals surface area contributed by atoms with E-state index in [1.165, 1.54) is 6.07 Å². The van der Waals surface area contributed by atoms with E-state index in [4.69, 9.17) is 0 Å². The summed E-state index contributed by atoms with van der Waals surface area (Å²) in [5.41, 5.74) is -0.0916. The molecule has 0 aliphatic carbocycles. The molecule has 0 aliphatic heterocycles. The summed E-state index contributed by atoms with van der Waals surface area (Å²) in [7, 11) is 0. The van der Waals surface area contributed by atoms with Gasteiger partial charge in [-0.05, 0) is 18.4 Å². The van der Waals surface area contributed by atoms with E-state index >= 15 is 0 Å². The van der Waals surface area contributed by atoms with Crippen LogP contribution in [0.15, 0.2) is 10.9 Å². The van der Waals surface area contributed by atoms with Crippen LogP contribution in [0.1, 0.15) is 32.0 Å². The zero-order chi connectivity index (χ0) is 12.0. The maximum Gasteiger partial charge on any atom is 0.252 e. The van der Waals surface area contributed by atoms with Crippen LogP contribution in [-0.4, -0.2) is 28.5 Å². The number of H-pyrrole nitrogens is 1. The van der Waals surface area contributed by atoms with E-state index < -0.39 is 0 Å². The Kier molecular flexibility index (Phi) is 5.38. The minimum Gasteiger partial charge on any atom is -0.370 e. The van der Waals surface area contributed by atoms with Crippen molar-refractivity contribution in [2.24, 2.45) is 0 Å². The van der Waals surface area contributed by atoms with Crippen LogP contribution in [0.3, 0.4) is 0 Å². The lowest BCUT2D eigenvalue weighted by atomic mass is 10.2. The molecule has 1 heterocycles. The van der Waals surface area contributed by atoms with Crippen molar-refractivity contribution < 1.29 is 0 Å². The average Bonchev–Trinajstić information content (AvgIpc) is 2.23. The highest BCUT2D eigenvalue weighted by atomic mass is 32.2. The molecule has 4 nitrogen and oxygen atoms in total. The zero-order valence-electron chi connectivity index (χ0n) is 10.0. The maximum absolute atomic E-state index is 11.4. The number of nitrogens with one attached hydrogen (secondary N) is 2. The number of hydrogen-bond donors (Lipinski definition) is 2. The minimum absolute atomic E-state index is 0.0916. The summed E-state index contributed by atoms with van der Waals surface area (Å²) in [6.45, 7) is 4.88. The van der Waals surface area contributed by atoms with Crippen LogP contribution >= 0.6 is 11.8 Å². The molecule has 5 heteroatoms. The molecule has 0 saturated heterocycles. The molecule has 0 atom stereocenters. The summed E-state index contributed by atoms with van der Waals surface area (Å²) in [6.07, 6.45) is 3.16. The first-order valence-corrected chi connectivity index (χ1v) is 6.87. The van der Waals surface area contributed by atoms with Crippen molar-refractivity contribution >= 4 is 17.6 Å². The molecule has 0 spiro atoms. The Morgan fingerprint density at radius 1 is 1.56 bits per heavy atom. The second-order valence-electron chi connectivity index (χ2n) is 3.94. The molecule has 0 aromatic carbocycles. The van der Waals surface area contributed by atoms with Crippen molar-refractivity contribution in [3.8, 4) is 0 Å². The van der Waals surface area contributed by atoms with Gasteiger partial charge >= 0.3 is 0 Å². The highest BCUT2D eigenvalue weighted by Gasteiger charge is 2.04. The smallest absolute Gasteiger partial charge is 0.252 e. The van der Waals surface area contributed by atoms with Gasteiger partial charge in [0.2, 0.25) is 0 Å². The molecule has 0 bridgehead atoms. The third kappa shape index (κ3) is 4.26. The second kappa shape index (κ2) is 6.58. The largest absolute Gasteiger partial charge is 0.370 e. The van der Waals surface area contributed by atoms with Crippen LogP contribution in [0.4, 0.5) is 5.82 Å². The van der Waals surface area contributed by atoms with E-state index in [2.05, 4.69) is 21.5 Å². The number of thioether (sulfide) groups is 1. The Hall–Kier alpha value is -0.970. The maximum atomic E-state index is 11.4. The highest BCUT2D eigenvalue weighted by molar-refractivity contribution is 7.98. The van der Waals surface area contributed by atoms with Crippen molar-refractivity contribution in [2.45, 2.75) is 26.2 Å². The van der Waals surface area contributed by atoms with E-state index in [0.717, 1.165) is 24.5 Å². The first-order valence-electron chi connectivity index (χ1n) is 5.47. The van der Waals surface area contributed by atoms with E-state index in [1.807, 2.05) is 25.6 Å². The van der Waals surface area contributed by atoms with Crippen molar-refractivity contribution in [1.82, 2.24) is 9.97 Å².